The Morgan fingerprint density at radius 1 is 1.07 bits per heavy atom. The summed E-state index contributed by atoms with van der Waals surface area (Å²) in [6.45, 7) is 9.85. The molecule has 1 amide bonds. The quantitative estimate of drug-likeness (QED) is 0.786. The highest BCUT2D eigenvalue weighted by Crippen LogP contribution is 2.22. The topological polar surface area (TPSA) is 70.6 Å². The van der Waals surface area contributed by atoms with Crippen molar-refractivity contribution in [3.63, 3.8) is 0 Å². The number of rotatable bonds is 5. The zero-order valence-electron chi connectivity index (χ0n) is 16.2. The van der Waals surface area contributed by atoms with Crippen molar-refractivity contribution in [3.05, 3.63) is 23.8 Å². The molecule has 2 aliphatic rings. The molecule has 2 saturated heterocycles. The lowest BCUT2D eigenvalue weighted by atomic mass is 10.2. The molecule has 27 heavy (non-hydrogen) atoms. The zero-order valence-corrected chi connectivity index (χ0v) is 16.2. The summed E-state index contributed by atoms with van der Waals surface area (Å²) in [5, 5.41) is 4.13. The number of hydrogen-bond acceptors (Lipinski definition) is 6. The summed E-state index contributed by atoms with van der Waals surface area (Å²) in [6, 6.07) is 0. The van der Waals surface area contributed by atoms with Gasteiger partial charge < -0.3 is 14.2 Å². The smallest absolute Gasteiger partial charge is 0.276 e. The van der Waals surface area contributed by atoms with Crippen molar-refractivity contribution >= 4 is 5.91 Å². The molecular weight excluding hydrogens is 344 g/mol. The maximum atomic E-state index is 12.9. The molecule has 4 heterocycles. The molecule has 0 N–H and O–H groups in total. The van der Waals surface area contributed by atoms with Crippen molar-refractivity contribution in [2.75, 3.05) is 52.4 Å². The second-order valence-electron chi connectivity index (χ2n) is 7.51. The Kier molecular flexibility index (Phi) is 5.27. The number of piperazine rings is 1. The van der Waals surface area contributed by atoms with Crippen molar-refractivity contribution in [2.24, 2.45) is 7.05 Å². The van der Waals surface area contributed by atoms with E-state index in [1.807, 2.05) is 18.1 Å². The average Bonchev–Trinajstić information content (AvgIpc) is 3.41. The molecule has 0 spiro atoms. The van der Waals surface area contributed by atoms with Crippen LogP contribution in [0.15, 0.2) is 16.8 Å². The van der Waals surface area contributed by atoms with E-state index in [-0.39, 0.29) is 5.91 Å². The SMILES string of the molecule is Cc1oc(-c2cnn(C)c2)nc1C(=O)N1CCN(CCN2CCCC2)CC1. The van der Waals surface area contributed by atoms with Gasteiger partial charge in [0.05, 0.1) is 11.8 Å². The standard InChI is InChI=1S/C19H28N6O2/c1-15-17(21-18(27-15)16-13-20-22(2)14-16)19(26)25-11-9-24(10-12-25)8-7-23-5-3-4-6-23/h13-14H,3-12H2,1-2H3. The van der Waals surface area contributed by atoms with Gasteiger partial charge in [0.25, 0.3) is 5.91 Å². The van der Waals surface area contributed by atoms with E-state index in [4.69, 9.17) is 4.42 Å². The number of nitrogens with zero attached hydrogens (tertiary/aromatic N) is 6. The second-order valence-corrected chi connectivity index (χ2v) is 7.51. The predicted octanol–water partition coefficient (Wildman–Crippen LogP) is 1.24. The van der Waals surface area contributed by atoms with Crippen LogP contribution in [-0.2, 0) is 7.05 Å². The van der Waals surface area contributed by atoms with Gasteiger partial charge in [-0.25, -0.2) is 4.98 Å². The van der Waals surface area contributed by atoms with E-state index in [1.165, 1.54) is 25.9 Å². The monoisotopic (exact) mass is 372 g/mol. The van der Waals surface area contributed by atoms with Crippen LogP contribution in [-0.4, -0.2) is 87.7 Å². The van der Waals surface area contributed by atoms with Gasteiger partial charge in [0.2, 0.25) is 5.89 Å². The lowest BCUT2D eigenvalue weighted by Gasteiger charge is -2.35. The Labute approximate surface area is 159 Å². The summed E-state index contributed by atoms with van der Waals surface area (Å²) in [4.78, 5) is 24.2. The van der Waals surface area contributed by atoms with E-state index in [9.17, 15) is 4.79 Å². The van der Waals surface area contributed by atoms with Crippen LogP contribution in [0.25, 0.3) is 11.5 Å². The van der Waals surface area contributed by atoms with Gasteiger partial charge in [-0.1, -0.05) is 0 Å². The number of likely N-dealkylation sites (tertiary alicyclic amines) is 1. The average molecular weight is 372 g/mol. The molecule has 0 bridgehead atoms. The molecule has 2 aromatic rings. The summed E-state index contributed by atoms with van der Waals surface area (Å²) in [6.07, 6.45) is 6.19. The molecular formula is C19H28N6O2. The number of carbonyl (C=O) groups is 1. The lowest BCUT2D eigenvalue weighted by molar-refractivity contribution is 0.0620. The fourth-order valence-electron chi connectivity index (χ4n) is 3.86. The first kappa shape index (κ1) is 18.2. The first-order valence-electron chi connectivity index (χ1n) is 9.80. The fourth-order valence-corrected chi connectivity index (χ4v) is 3.86. The van der Waals surface area contributed by atoms with Gasteiger partial charge in [0, 0.05) is 52.5 Å². The number of amides is 1. The van der Waals surface area contributed by atoms with E-state index < -0.39 is 0 Å². The second kappa shape index (κ2) is 7.82. The number of oxazole rings is 1. The highest BCUT2D eigenvalue weighted by molar-refractivity contribution is 5.93. The van der Waals surface area contributed by atoms with Gasteiger partial charge in [-0.3, -0.25) is 14.4 Å². The molecule has 0 aromatic carbocycles. The normalized spacial score (nSPS) is 19.1. The maximum absolute atomic E-state index is 12.9. The number of carbonyl (C=O) groups excluding carboxylic acids is 1. The molecule has 0 radical (unpaired) electrons. The Balaban J connectivity index is 1.33. The van der Waals surface area contributed by atoms with Gasteiger partial charge in [-0.15, -0.1) is 0 Å². The van der Waals surface area contributed by atoms with E-state index in [2.05, 4.69) is 19.9 Å². The molecule has 2 fully saturated rings. The minimum Gasteiger partial charge on any atom is -0.440 e. The fraction of sp³-hybridized carbons (Fsp3) is 0.632. The Bertz CT molecular complexity index is 784. The van der Waals surface area contributed by atoms with Crippen LogP contribution in [0.3, 0.4) is 0 Å². The molecule has 0 unspecified atom stereocenters. The van der Waals surface area contributed by atoms with Crippen LogP contribution in [0.1, 0.15) is 29.1 Å². The van der Waals surface area contributed by atoms with Gasteiger partial charge in [0.1, 0.15) is 5.76 Å². The Hall–Kier alpha value is -2.19. The maximum Gasteiger partial charge on any atom is 0.276 e. The van der Waals surface area contributed by atoms with Gasteiger partial charge in [0.15, 0.2) is 5.69 Å². The van der Waals surface area contributed by atoms with E-state index in [0.717, 1.165) is 44.8 Å². The van der Waals surface area contributed by atoms with Crippen molar-refractivity contribution < 1.29 is 9.21 Å². The molecule has 8 nitrogen and oxygen atoms in total. The van der Waals surface area contributed by atoms with E-state index in [0.29, 0.717) is 17.3 Å². The summed E-state index contributed by atoms with van der Waals surface area (Å²) < 4.78 is 7.41. The first-order chi connectivity index (χ1) is 13.1. The lowest BCUT2D eigenvalue weighted by Crippen LogP contribution is -2.50. The van der Waals surface area contributed by atoms with E-state index >= 15 is 0 Å². The molecule has 2 aliphatic heterocycles. The van der Waals surface area contributed by atoms with Gasteiger partial charge in [-0.2, -0.15) is 5.10 Å². The molecule has 0 saturated carbocycles. The van der Waals surface area contributed by atoms with Crippen LogP contribution < -0.4 is 0 Å². The zero-order chi connectivity index (χ0) is 18.8. The highest BCUT2D eigenvalue weighted by Gasteiger charge is 2.27. The minimum absolute atomic E-state index is 0.0365. The predicted molar refractivity (Wildman–Crippen MR) is 101 cm³/mol. The van der Waals surface area contributed by atoms with Crippen LogP contribution in [0.2, 0.25) is 0 Å². The molecule has 8 heteroatoms. The van der Waals surface area contributed by atoms with Crippen molar-refractivity contribution in [1.82, 2.24) is 29.5 Å². The Morgan fingerprint density at radius 2 is 1.74 bits per heavy atom. The summed E-state index contributed by atoms with van der Waals surface area (Å²) in [5.41, 5.74) is 1.20. The van der Waals surface area contributed by atoms with Crippen molar-refractivity contribution in [3.8, 4) is 11.5 Å². The third-order valence-corrected chi connectivity index (χ3v) is 5.54. The number of aromatic nitrogens is 3. The largest absolute Gasteiger partial charge is 0.440 e. The Morgan fingerprint density at radius 3 is 2.37 bits per heavy atom. The van der Waals surface area contributed by atoms with Gasteiger partial charge in [-0.05, 0) is 32.9 Å². The van der Waals surface area contributed by atoms with Crippen LogP contribution in [0.5, 0.6) is 0 Å². The highest BCUT2D eigenvalue weighted by atomic mass is 16.4. The van der Waals surface area contributed by atoms with Crippen molar-refractivity contribution in [1.29, 1.82) is 0 Å². The third kappa shape index (κ3) is 4.06. The summed E-state index contributed by atoms with van der Waals surface area (Å²) in [5.74, 6) is 0.981. The molecule has 0 aliphatic carbocycles. The molecule has 146 valence electrons. The third-order valence-electron chi connectivity index (χ3n) is 5.54. The molecule has 4 rings (SSSR count). The van der Waals surface area contributed by atoms with E-state index in [1.54, 1.807) is 17.8 Å². The minimum atomic E-state index is -0.0365. The van der Waals surface area contributed by atoms with Crippen LogP contribution in [0, 0.1) is 6.92 Å². The number of hydrogen-bond donors (Lipinski definition) is 0. The summed E-state index contributed by atoms with van der Waals surface area (Å²) in [7, 11) is 1.84. The molecule has 0 atom stereocenters. The number of aryl methyl sites for hydroxylation is 2. The van der Waals surface area contributed by atoms with Crippen LogP contribution in [0.4, 0.5) is 0 Å². The first-order valence-corrected chi connectivity index (χ1v) is 9.80. The summed E-state index contributed by atoms with van der Waals surface area (Å²) >= 11 is 0. The van der Waals surface area contributed by atoms with Crippen LogP contribution >= 0.6 is 0 Å². The van der Waals surface area contributed by atoms with Gasteiger partial charge >= 0.3 is 0 Å². The van der Waals surface area contributed by atoms with Crippen molar-refractivity contribution in [2.45, 2.75) is 19.8 Å². The molecule has 2 aromatic heterocycles.